The Kier molecular flexibility index (Phi) is 4.40. The Morgan fingerprint density at radius 1 is 1.29 bits per heavy atom. The first-order valence-electron chi connectivity index (χ1n) is 6.11. The number of hydrogen-bond acceptors (Lipinski definition) is 3. The summed E-state index contributed by atoms with van der Waals surface area (Å²) in [7, 11) is 3.93. The average molecular weight is 234 g/mol. The van der Waals surface area contributed by atoms with Gasteiger partial charge in [-0.25, -0.2) is 0 Å². The van der Waals surface area contributed by atoms with Crippen LogP contribution in [0.25, 0.3) is 0 Å². The maximum Gasteiger partial charge on any atom is 0.184 e. The number of Topliss-reactive ketones (excluding diaryl/α,β-unsaturated/α-hetero) is 1. The lowest BCUT2D eigenvalue weighted by atomic mass is 9.83. The number of aryl methyl sites for hydroxylation is 1. The van der Waals surface area contributed by atoms with Crippen molar-refractivity contribution < 1.29 is 4.79 Å². The van der Waals surface area contributed by atoms with Crippen molar-refractivity contribution in [1.82, 2.24) is 9.88 Å². The lowest BCUT2D eigenvalue weighted by Crippen LogP contribution is -2.50. The molecule has 0 unspecified atom stereocenters. The van der Waals surface area contributed by atoms with Crippen LogP contribution < -0.4 is 0 Å². The summed E-state index contributed by atoms with van der Waals surface area (Å²) in [5, 5.41) is 0. The third-order valence-corrected chi connectivity index (χ3v) is 3.59. The van der Waals surface area contributed by atoms with Crippen molar-refractivity contribution >= 4 is 5.78 Å². The van der Waals surface area contributed by atoms with Crippen molar-refractivity contribution in [2.24, 2.45) is 0 Å². The van der Waals surface area contributed by atoms with Gasteiger partial charge in [-0.1, -0.05) is 13.8 Å². The van der Waals surface area contributed by atoms with Crippen LogP contribution in [0.3, 0.4) is 0 Å². The number of rotatable bonds is 5. The molecular weight excluding hydrogens is 212 g/mol. The van der Waals surface area contributed by atoms with Crippen LogP contribution in [-0.4, -0.2) is 35.3 Å². The van der Waals surface area contributed by atoms with Crippen molar-refractivity contribution in [1.29, 1.82) is 0 Å². The van der Waals surface area contributed by atoms with Gasteiger partial charge < -0.3 is 0 Å². The van der Waals surface area contributed by atoms with Crippen LogP contribution in [0.15, 0.2) is 18.5 Å². The molecule has 0 aromatic carbocycles. The molecule has 0 spiro atoms. The molecule has 0 radical (unpaired) electrons. The summed E-state index contributed by atoms with van der Waals surface area (Å²) >= 11 is 0. The lowest BCUT2D eigenvalue weighted by Gasteiger charge is -2.37. The van der Waals surface area contributed by atoms with Crippen molar-refractivity contribution in [2.45, 2.75) is 39.2 Å². The quantitative estimate of drug-likeness (QED) is 0.734. The van der Waals surface area contributed by atoms with Crippen LogP contribution in [0.2, 0.25) is 0 Å². The number of hydrogen-bond donors (Lipinski definition) is 0. The van der Waals surface area contributed by atoms with E-state index >= 15 is 0 Å². The Morgan fingerprint density at radius 3 is 2.29 bits per heavy atom. The lowest BCUT2D eigenvalue weighted by molar-refractivity contribution is 0.0655. The maximum atomic E-state index is 12.6. The van der Waals surface area contributed by atoms with Gasteiger partial charge in [-0.3, -0.25) is 14.7 Å². The minimum atomic E-state index is -0.407. The highest BCUT2D eigenvalue weighted by Crippen LogP contribution is 2.26. The molecule has 0 aliphatic carbocycles. The number of pyridine rings is 1. The van der Waals surface area contributed by atoms with E-state index in [1.54, 1.807) is 12.4 Å². The normalized spacial score (nSPS) is 11.9. The molecule has 0 bridgehead atoms. The van der Waals surface area contributed by atoms with E-state index < -0.39 is 5.54 Å². The Bertz CT molecular complexity index is 395. The second-order valence-electron chi connectivity index (χ2n) is 4.71. The second kappa shape index (κ2) is 5.41. The summed E-state index contributed by atoms with van der Waals surface area (Å²) in [6, 6.07) is 1.92. The van der Waals surface area contributed by atoms with Crippen molar-refractivity contribution in [2.75, 3.05) is 14.1 Å². The van der Waals surface area contributed by atoms with Crippen molar-refractivity contribution in [3.8, 4) is 0 Å². The van der Waals surface area contributed by atoms with E-state index in [1.807, 2.05) is 32.0 Å². The third-order valence-electron chi connectivity index (χ3n) is 3.59. The highest BCUT2D eigenvalue weighted by Gasteiger charge is 2.37. The molecule has 0 saturated heterocycles. The molecule has 17 heavy (non-hydrogen) atoms. The molecule has 1 aromatic rings. The van der Waals surface area contributed by atoms with Gasteiger partial charge in [0, 0.05) is 18.0 Å². The van der Waals surface area contributed by atoms with E-state index in [0.717, 1.165) is 18.4 Å². The van der Waals surface area contributed by atoms with E-state index in [1.165, 1.54) is 0 Å². The molecule has 1 rings (SSSR count). The van der Waals surface area contributed by atoms with Gasteiger partial charge in [-0.15, -0.1) is 0 Å². The van der Waals surface area contributed by atoms with Crippen molar-refractivity contribution in [3.63, 3.8) is 0 Å². The zero-order valence-electron chi connectivity index (χ0n) is 11.4. The first kappa shape index (κ1) is 13.8. The molecule has 3 heteroatoms. The van der Waals surface area contributed by atoms with E-state index in [9.17, 15) is 4.79 Å². The van der Waals surface area contributed by atoms with Crippen LogP contribution in [0.5, 0.6) is 0 Å². The minimum absolute atomic E-state index is 0.170. The molecule has 0 N–H and O–H groups in total. The summed E-state index contributed by atoms with van der Waals surface area (Å²) in [5.41, 5.74) is 1.33. The van der Waals surface area contributed by atoms with Crippen LogP contribution in [0.1, 0.15) is 42.6 Å². The summed E-state index contributed by atoms with van der Waals surface area (Å²) in [6.07, 6.45) is 5.05. The summed E-state index contributed by atoms with van der Waals surface area (Å²) < 4.78 is 0. The molecule has 0 aliphatic heterocycles. The highest BCUT2D eigenvalue weighted by atomic mass is 16.1. The monoisotopic (exact) mass is 234 g/mol. The summed E-state index contributed by atoms with van der Waals surface area (Å²) in [4.78, 5) is 18.8. The molecule has 0 atom stereocenters. The van der Waals surface area contributed by atoms with Gasteiger partial charge in [0.1, 0.15) is 0 Å². The highest BCUT2D eigenvalue weighted by molar-refractivity contribution is 6.03. The third kappa shape index (κ3) is 2.55. The standard InChI is InChI=1S/C14H22N2O/c1-6-14(7-2,16(4)5)13(17)12-8-11(3)9-15-10-12/h8-10H,6-7H2,1-5H3. The number of aromatic nitrogens is 1. The second-order valence-corrected chi connectivity index (χ2v) is 4.71. The van der Waals surface area contributed by atoms with E-state index in [-0.39, 0.29) is 5.78 Å². The minimum Gasteiger partial charge on any atom is -0.297 e. The molecule has 1 heterocycles. The van der Waals surface area contributed by atoms with Gasteiger partial charge >= 0.3 is 0 Å². The predicted octanol–water partition coefficient (Wildman–Crippen LogP) is 2.69. The fourth-order valence-electron chi connectivity index (χ4n) is 2.35. The maximum absolute atomic E-state index is 12.6. The zero-order chi connectivity index (χ0) is 13.1. The van der Waals surface area contributed by atoms with Crippen LogP contribution in [0.4, 0.5) is 0 Å². The van der Waals surface area contributed by atoms with E-state index in [0.29, 0.717) is 5.56 Å². The first-order valence-corrected chi connectivity index (χ1v) is 6.11. The smallest absolute Gasteiger partial charge is 0.184 e. The molecule has 0 saturated carbocycles. The number of likely N-dealkylation sites (N-methyl/N-ethyl adjacent to an activating group) is 1. The number of nitrogens with zero attached hydrogens (tertiary/aromatic N) is 2. The Balaban J connectivity index is 3.17. The summed E-state index contributed by atoms with van der Waals surface area (Å²) in [5.74, 6) is 0.170. The fourth-order valence-corrected chi connectivity index (χ4v) is 2.35. The molecule has 94 valence electrons. The van der Waals surface area contributed by atoms with Crippen molar-refractivity contribution in [3.05, 3.63) is 29.6 Å². The number of carbonyl (C=O) groups excluding carboxylic acids is 1. The SMILES string of the molecule is CCC(CC)(C(=O)c1cncc(C)c1)N(C)C. The van der Waals surface area contributed by atoms with E-state index in [2.05, 4.69) is 18.8 Å². The van der Waals surface area contributed by atoms with Crippen LogP contribution in [-0.2, 0) is 0 Å². The fraction of sp³-hybridized carbons (Fsp3) is 0.571. The molecule has 3 nitrogen and oxygen atoms in total. The Hall–Kier alpha value is -1.22. The van der Waals surface area contributed by atoms with Gasteiger partial charge in [-0.2, -0.15) is 0 Å². The van der Waals surface area contributed by atoms with Gasteiger partial charge in [0.05, 0.1) is 5.54 Å². The number of ketones is 1. The first-order chi connectivity index (χ1) is 7.97. The van der Waals surface area contributed by atoms with Gasteiger partial charge in [0.2, 0.25) is 0 Å². The van der Waals surface area contributed by atoms with E-state index in [4.69, 9.17) is 0 Å². The molecular formula is C14H22N2O. The summed E-state index contributed by atoms with van der Waals surface area (Å²) in [6.45, 7) is 6.08. The largest absolute Gasteiger partial charge is 0.297 e. The molecule has 1 aromatic heterocycles. The van der Waals surface area contributed by atoms with Gasteiger partial charge in [0.15, 0.2) is 5.78 Å². The Labute approximate surface area is 104 Å². The topological polar surface area (TPSA) is 33.2 Å². The zero-order valence-corrected chi connectivity index (χ0v) is 11.4. The van der Waals surface area contributed by atoms with Crippen LogP contribution >= 0.6 is 0 Å². The molecule has 0 amide bonds. The predicted molar refractivity (Wildman–Crippen MR) is 70.3 cm³/mol. The van der Waals surface area contributed by atoms with Gasteiger partial charge in [0.25, 0.3) is 0 Å². The Morgan fingerprint density at radius 2 is 1.88 bits per heavy atom. The van der Waals surface area contributed by atoms with Crippen LogP contribution in [0, 0.1) is 6.92 Å². The van der Waals surface area contributed by atoms with Gasteiger partial charge in [-0.05, 0) is 45.5 Å². The number of carbonyl (C=O) groups is 1. The average Bonchev–Trinajstić information content (AvgIpc) is 2.30. The molecule has 0 aliphatic rings. The molecule has 0 fully saturated rings.